The second-order valence-corrected chi connectivity index (χ2v) is 7.52. The van der Waals surface area contributed by atoms with E-state index in [0.29, 0.717) is 29.0 Å². The Balaban J connectivity index is 0.00000120. The van der Waals surface area contributed by atoms with Crippen LogP contribution in [-0.2, 0) is 0 Å². The van der Waals surface area contributed by atoms with E-state index >= 15 is 0 Å². The Morgan fingerprint density at radius 1 is 1.19 bits per heavy atom. The van der Waals surface area contributed by atoms with Crippen LogP contribution in [0.5, 0.6) is 0 Å². The molecule has 6 nitrogen and oxygen atoms in total. The van der Waals surface area contributed by atoms with Gasteiger partial charge in [0.2, 0.25) is 0 Å². The molecule has 2 unspecified atom stereocenters. The van der Waals surface area contributed by atoms with E-state index in [4.69, 9.17) is 0 Å². The molecule has 0 amide bonds. The third kappa shape index (κ3) is 3.06. The molecular weight excluding hydrogens is 343 g/mol. The molecule has 0 aliphatic carbocycles. The molecular formula is C20H27FN6. The van der Waals surface area contributed by atoms with Crippen molar-refractivity contribution in [2.24, 2.45) is 5.92 Å². The van der Waals surface area contributed by atoms with E-state index in [2.05, 4.69) is 30.4 Å². The first-order valence-corrected chi connectivity index (χ1v) is 9.74. The Kier molecular flexibility index (Phi) is 4.24. The normalized spacial score (nSPS) is 23.2. The molecule has 2 aliphatic heterocycles. The monoisotopic (exact) mass is 370 g/mol. The predicted molar refractivity (Wildman–Crippen MR) is 107 cm³/mol. The molecule has 5 rings (SSSR count). The van der Waals surface area contributed by atoms with Gasteiger partial charge >= 0.3 is 0 Å². The van der Waals surface area contributed by atoms with Gasteiger partial charge in [-0.2, -0.15) is 5.10 Å². The van der Waals surface area contributed by atoms with Crippen LogP contribution in [0.1, 0.15) is 28.5 Å². The van der Waals surface area contributed by atoms with Crippen molar-refractivity contribution in [3.05, 3.63) is 36.3 Å². The number of aromatic amines is 1. The van der Waals surface area contributed by atoms with Crippen molar-refractivity contribution < 1.29 is 7.24 Å². The highest BCUT2D eigenvalue weighted by atomic mass is 19.1. The fourth-order valence-corrected chi connectivity index (χ4v) is 4.47. The maximum absolute atomic E-state index is 14.6. The third-order valence-corrected chi connectivity index (χ3v) is 5.85. The summed E-state index contributed by atoms with van der Waals surface area (Å²) < 4.78 is 14.6. The van der Waals surface area contributed by atoms with E-state index in [-0.39, 0.29) is 8.67 Å². The van der Waals surface area contributed by atoms with Crippen LogP contribution in [0.3, 0.4) is 0 Å². The Labute approximate surface area is 160 Å². The first kappa shape index (κ1) is 16.6. The molecule has 7 heteroatoms. The SMILES string of the molecule is Fc1ccc(N2CCCC(C3CCCN3)C2)nc1-c1[nH]nc2ncccc12.[HH].[HH]. The lowest BCUT2D eigenvalue weighted by molar-refractivity contribution is 0.328. The zero-order chi connectivity index (χ0) is 18.2. The zero-order valence-corrected chi connectivity index (χ0v) is 15.2. The maximum Gasteiger partial charge on any atom is 0.181 e. The number of nitrogens with zero attached hydrogens (tertiary/aromatic N) is 4. The van der Waals surface area contributed by atoms with Crippen molar-refractivity contribution in [1.82, 2.24) is 25.5 Å². The lowest BCUT2D eigenvalue weighted by Crippen LogP contribution is -2.43. The summed E-state index contributed by atoms with van der Waals surface area (Å²) in [5.41, 5.74) is 1.47. The molecule has 2 saturated heterocycles. The summed E-state index contributed by atoms with van der Waals surface area (Å²) >= 11 is 0. The van der Waals surface area contributed by atoms with E-state index in [1.807, 2.05) is 12.1 Å². The van der Waals surface area contributed by atoms with Crippen LogP contribution in [0.25, 0.3) is 22.4 Å². The molecule has 144 valence electrons. The van der Waals surface area contributed by atoms with E-state index in [0.717, 1.165) is 37.3 Å². The second-order valence-electron chi connectivity index (χ2n) is 7.52. The number of H-pyrrole nitrogens is 1. The molecule has 0 aromatic carbocycles. The van der Waals surface area contributed by atoms with Crippen LogP contribution < -0.4 is 10.2 Å². The molecule has 2 aliphatic rings. The molecule has 3 aromatic heterocycles. The minimum absolute atomic E-state index is 0. The standard InChI is InChI=1S/C20H23FN6.2H2/c21-15-7-8-17(27-11-3-4-13(12-27)16-6-2-9-22-16)24-19(15)18-14-5-1-10-23-20(14)26-25-18;;/h1,5,7-8,10,13,16,22H,2-4,6,9,11-12H2,(H,23,25,26);2*1H. The van der Waals surface area contributed by atoms with Crippen molar-refractivity contribution in [1.29, 1.82) is 0 Å². The third-order valence-electron chi connectivity index (χ3n) is 5.85. The van der Waals surface area contributed by atoms with Gasteiger partial charge < -0.3 is 10.2 Å². The summed E-state index contributed by atoms with van der Waals surface area (Å²) in [6, 6.07) is 7.62. The summed E-state index contributed by atoms with van der Waals surface area (Å²) in [5.74, 6) is 1.12. The number of fused-ring (bicyclic) bond motifs is 1. The van der Waals surface area contributed by atoms with Crippen LogP contribution in [0.2, 0.25) is 0 Å². The van der Waals surface area contributed by atoms with E-state index in [9.17, 15) is 4.39 Å². The Hall–Kier alpha value is -2.54. The summed E-state index contributed by atoms with van der Waals surface area (Å²) in [6.07, 6.45) is 6.60. The van der Waals surface area contributed by atoms with Crippen LogP contribution in [0.4, 0.5) is 10.2 Å². The highest BCUT2D eigenvalue weighted by Crippen LogP contribution is 2.31. The van der Waals surface area contributed by atoms with E-state index < -0.39 is 0 Å². The van der Waals surface area contributed by atoms with Gasteiger partial charge in [-0.3, -0.25) is 5.10 Å². The highest BCUT2D eigenvalue weighted by Gasteiger charge is 2.30. The van der Waals surface area contributed by atoms with Gasteiger partial charge in [0.15, 0.2) is 11.5 Å². The molecule has 0 spiro atoms. The molecule has 2 atom stereocenters. The number of hydrogen-bond donors (Lipinski definition) is 2. The lowest BCUT2D eigenvalue weighted by Gasteiger charge is -2.36. The van der Waals surface area contributed by atoms with E-state index in [1.165, 1.54) is 25.3 Å². The fourth-order valence-electron chi connectivity index (χ4n) is 4.47. The summed E-state index contributed by atoms with van der Waals surface area (Å²) in [7, 11) is 0. The van der Waals surface area contributed by atoms with Crippen molar-refractivity contribution >= 4 is 16.9 Å². The average molecular weight is 370 g/mol. The number of anilines is 1. The lowest BCUT2D eigenvalue weighted by atomic mass is 9.90. The Bertz CT molecular complexity index is 959. The maximum atomic E-state index is 14.6. The molecule has 2 N–H and O–H groups in total. The fraction of sp³-hybridized carbons (Fsp3) is 0.450. The van der Waals surface area contributed by atoms with Crippen LogP contribution in [-0.4, -0.2) is 45.8 Å². The van der Waals surface area contributed by atoms with E-state index in [1.54, 1.807) is 12.3 Å². The average Bonchev–Trinajstić information content (AvgIpc) is 3.39. The summed E-state index contributed by atoms with van der Waals surface area (Å²) in [6.45, 7) is 3.06. The topological polar surface area (TPSA) is 69.7 Å². The minimum atomic E-state index is -0.348. The van der Waals surface area contributed by atoms with Crippen LogP contribution >= 0.6 is 0 Å². The van der Waals surface area contributed by atoms with Crippen molar-refractivity contribution in [3.8, 4) is 11.4 Å². The number of rotatable bonds is 3. The van der Waals surface area contributed by atoms with Gasteiger partial charge in [-0.25, -0.2) is 14.4 Å². The van der Waals surface area contributed by atoms with Crippen LogP contribution in [0, 0.1) is 11.7 Å². The van der Waals surface area contributed by atoms with Gasteiger partial charge in [0.05, 0.1) is 5.69 Å². The summed E-state index contributed by atoms with van der Waals surface area (Å²) in [4.78, 5) is 11.2. The minimum Gasteiger partial charge on any atom is -0.356 e. The van der Waals surface area contributed by atoms with Crippen molar-refractivity contribution in [3.63, 3.8) is 0 Å². The number of nitrogens with one attached hydrogen (secondary N) is 2. The van der Waals surface area contributed by atoms with Crippen molar-refractivity contribution in [2.45, 2.75) is 31.7 Å². The first-order valence-electron chi connectivity index (χ1n) is 9.74. The first-order chi connectivity index (χ1) is 13.3. The second kappa shape index (κ2) is 6.88. The van der Waals surface area contributed by atoms with Crippen LogP contribution in [0.15, 0.2) is 30.5 Å². The number of pyridine rings is 2. The van der Waals surface area contributed by atoms with Gasteiger partial charge in [0.25, 0.3) is 0 Å². The zero-order valence-electron chi connectivity index (χ0n) is 15.2. The molecule has 0 radical (unpaired) electrons. The highest BCUT2D eigenvalue weighted by molar-refractivity contribution is 5.89. The van der Waals surface area contributed by atoms with Crippen molar-refractivity contribution in [2.75, 3.05) is 24.5 Å². The number of halogens is 1. The smallest absolute Gasteiger partial charge is 0.181 e. The Morgan fingerprint density at radius 2 is 2.15 bits per heavy atom. The van der Waals surface area contributed by atoms with Gasteiger partial charge in [-0.15, -0.1) is 0 Å². The molecule has 2 fully saturated rings. The molecule has 5 heterocycles. The van der Waals surface area contributed by atoms with Gasteiger partial charge in [0.1, 0.15) is 11.5 Å². The number of piperidine rings is 1. The summed E-state index contributed by atoms with van der Waals surface area (Å²) in [5, 5.41) is 11.5. The largest absolute Gasteiger partial charge is 0.356 e. The Morgan fingerprint density at radius 3 is 3.04 bits per heavy atom. The number of aromatic nitrogens is 4. The molecule has 27 heavy (non-hydrogen) atoms. The molecule has 0 saturated carbocycles. The quantitative estimate of drug-likeness (QED) is 0.737. The molecule has 0 bridgehead atoms. The van der Waals surface area contributed by atoms with Gasteiger partial charge in [0, 0.05) is 33.6 Å². The van der Waals surface area contributed by atoms with Gasteiger partial charge in [-0.05, 0) is 62.4 Å². The molecule has 3 aromatic rings. The number of hydrogen-bond acceptors (Lipinski definition) is 5. The van der Waals surface area contributed by atoms with Gasteiger partial charge in [-0.1, -0.05) is 0 Å². The predicted octanol–water partition coefficient (Wildman–Crippen LogP) is 3.62.